The molecule has 0 saturated carbocycles. The zero-order valence-electron chi connectivity index (χ0n) is 18.4. The molecule has 4 rings (SSSR count). The summed E-state index contributed by atoms with van der Waals surface area (Å²) in [5.74, 6) is -1.21. The predicted molar refractivity (Wildman–Crippen MR) is 122 cm³/mol. The van der Waals surface area contributed by atoms with Gasteiger partial charge in [-0.25, -0.2) is 13.6 Å². The molecule has 0 bridgehead atoms. The second-order valence-corrected chi connectivity index (χ2v) is 7.74. The van der Waals surface area contributed by atoms with Crippen LogP contribution in [0.25, 0.3) is 27.7 Å². The maximum Gasteiger partial charge on any atom is 0.350 e. The highest BCUT2D eigenvalue weighted by Gasteiger charge is 2.20. The topological polar surface area (TPSA) is 82.0 Å². The molecular formula is C24H22F2N4O3. The molecule has 170 valence electrons. The predicted octanol–water partition coefficient (Wildman–Crippen LogP) is 3.47. The fourth-order valence-corrected chi connectivity index (χ4v) is 3.92. The molecule has 2 aromatic carbocycles. The van der Waals surface area contributed by atoms with Crippen molar-refractivity contribution in [1.29, 1.82) is 0 Å². The lowest BCUT2D eigenvalue weighted by molar-refractivity contribution is 0.264. The lowest BCUT2D eigenvalue weighted by Crippen LogP contribution is -2.25. The van der Waals surface area contributed by atoms with Crippen molar-refractivity contribution in [3.63, 3.8) is 0 Å². The van der Waals surface area contributed by atoms with Crippen LogP contribution in [0, 0.1) is 18.6 Å². The fourth-order valence-electron chi connectivity index (χ4n) is 3.92. The molecule has 0 atom stereocenters. The van der Waals surface area contributed by atoms with Crippen LogP contribution in [0.4, 0.5) is 8.78 Å². The van der Waals surface area contributed by atoms with Gasteiger partial charge in [0.1, 0.15) is 23.9 Å². The summed E-state index contributed by atoms with van der Waals surface area (Å²) >= 11 is 0. The molecule has 7 nitrogen and oxygen atoms in total. The number of allylic oxidation sites excluding steroid dienone is 1. The third kappa shape index (κ3) is 3.50. The van der Waals surface area contributed by atoms with Crippen LogP contribution < -0.4 is 11.2 Å². The van der Waals surface area contributed by atoms with Crippen molar-refractivity contribution in [1.82, 2.24) is 18.9 Å². The second-order valence-electron chi connectivity index (χ2n) is 7.74. The van der Waals surface area contributed by atoms with Gasteiger partial charge in [-0.05, 0) is 56.0 Å². The molecule has 33 heavy (non-hydrogen) atoms. The summed E-state index contributed by atoms with van der Waals surface area (Å²) < 4.78 is 32.7. The monoisotopic (exact) mass is 452 g/mol. The zero-order chi connectivity index (χ0) is 24.0. The third-order valence-corrected chi connectivity index (χ3v) is 5.67. The summed E-state index contributed by atoms with van der Waals surface area (Å²) in [4.78, 5) is 26.0. The van der Waals surface area contributed by atoms with Gasteiger partial charge in [0.05, 0.1) is 11.1 Å². The van der Waals surface area contributed by atoms with E-state index in [0.29, 0.717) is 22.2 Å². The first kappa shape index (κ1) is 22.3. The zero-order valence-corrected chi connectivity index (χ0v) is 18.4. The Kier molecular flexibility index (Phi) is 5.59. The Morgan fingerprint density at radius 2 is 1.85 bits per heavy atom. The molecule has 0 radical (unpaired) electrons. The van der Waals surface area contributed by atoms with E-state index in [1.165, 1.54) is 33.5 Å². The summed E-state index contributed by atoms with van der Waals surface area (Å²) in [6.07, 6.45) is 1.53. The molecule has 0 aliphatic heterocycles. The minimum Gasteiger partial charge on any atom is -0.388 e. The van der Waals surface area contributed by atoms with Crippen molar-refractivity contribution < 1.29 is 13.9 Å². The summed E-state index contributed by atoms with van der Waals surface area (Å²) in [6.45, 7) is 8.72. The summed E-state index contributed by atoms with van der Waals surface area (Å²) in [7, 11) is 0. The van der Waals surface area contributed by atoms with Gasteiger partial charge in [0.2, 0.25) is 0 Å². The van der Waals surface area contributed by atoms with Crippen LogP contribution >= 0.6 is 0 Å². The number of pyridine rings is 1. The van der Waals surface area contributed by atoms with E-state index < -0.39 is 29.5 Å². The van der Waals surface area contributed by atoms with Gasteiger partial charge < -0.3 is 5.11 Å². The first-order valence-corrected chi connectivity index (χ1v) is 10.3. The Bertz CT molecular complexity index is 1550. The molecule has 2 heterocycles. The van der Waals surface area contributed by atoms with Gasteiger partial charge in [0.15, 0.2) is 5.82 Å². The number of fused-ring (bicyclic) bond motifs is 1. The van der Waals surface area contributed by atoms with Gasteiger partial charge in [-0.1, -0.05) is 12.6 Å². The Labute approximate surface area is 187 Å². The van der Waals surface area contributed by atoms with Gasteiger partial charge in [-0.3, -0.25) is 13.9 Å². The quantitative estimate of drug-likeness (QED) is 0.503. The van der Waals surface area contributed by atoms with Gasteiger partial charge in [0.25, 0.3) is 5.56 Å². The Morgan fingerprint density at radius 1 is 1.12 bits per heavy atom. The van der Waals surface area contributed by atoms with Crippen LogP contribution in [0.5, 0.6) is 0 Å². The number of hydrogen-bond donors (Lipinski definition) is 1. The van der Waals surface area contributed by atoms with Gasteiger partial charge in [-0.15, -0.1) is 5.10 Å². The number of rotatable bonds is 5. The largest absolute Gasteiger partial charge is 0.388 e. The number of aromatic nitrogens is 4. The average molecular weight is 452 g/mol. The lowest BCUT2D eigenvalue weighted by atomic mass is 10.0. The van der Waals surface area contributed by atoms with Crippen LogP contribution in [0.1, 0.15) is 30.8 Å². The van der Waals surface area contributed by atoms with Crippen molar-refractivity contribution in [2.75, 3.05) is 0 Å². The maximum absolute atomic E-state index is 15.2. The normalized spacial score (nSPS) is 11.3. The van der Waals surface area contributed by atoms with Crippen molar-refractivity contribution in [3.8, 4) is 11.4 Å². The number of aliphatic hydroxyl groups is 1. The van der Waals surface area contributed by atoms with Crippen molar-refractivity contribution in [3.05, 3.63) is 92.5 Å². The summed E-state index contributed by atoms with van der Waals surface area (Å²) in [5, 5.41) is 14.0. The molecule has 0 fully saturated rings. The molecule has 0 unspecified atom stereocenters. The second kappa shape index (κ2) is 8.25. The van der Waals surface area contributed by atoms with Crippen LogP contribution in [0.3, 0.4) is 0 Å². The Morgan fingerprint density at radius 3 is 2.45 bits per heavy atom. The van der Waals surface area contributed by atoms with Gasteiger partial charge >= 0.3 is 5.69 Å². The van der Waals surface area contributed by atoms with Crippen LogP contribution in [0.2, 0.25) is 0 Å². The molecule has 0 aliphatic rings. The van der Waals surface area contributed by atoms with E-state index in [1.807, 2.05) is 0 Å². The minimum atomic E-state index is -0.840. The van der Waals surface area contributed by atoms with Crippen molar-refractivity contribution in [2.24, 2.45) is 0 Å². The Balaban J connectivity index is 2.07. The summed E-state index contributed by atoms with van der Waals surface area (Å²) in [5.41, 5.74) is 0.409. The molecule has 0 aliphatic carbocycles. The highest BCUT2D eigenvalue weighted by Crippen LogP contribution is 2.28. The number of hydrogen-bond acceptors (Lipinski definition) is 4. The van der Waals surface area contributed by atoms with E-state index in [0.717, 1.165) is 10.7 Å². The number of benzene rings is 2. The smallest absolute Gasteiger partial charge is 0.350 e. The van der Waals surface area contributed by atoms with Gasteiger partial charge in [0, 0.05) is 23.9 Å². The molecule has 0 saturated heterocycles. The van der Waals surface area contributed by atoms with E-state index in [4.69, 9.17) is 0 Å². The first-order chi connectivity index (χ1) is 15.7. The van der Waals surface area contributed by atoms with Crippen molar-refractivity contribution >= 4 is 16.3 Å². The number of halogens is 2. The van der Waals surface area contributed by atoms with E-state index in [9.17, 15) is 19.1 Å². The van der Waals surface area contributed by atoms with Crippen LogP contribution in [0.15, 0.2) is 52.7 Å². The summed E-state index contributed by atoms with van der Waals surface area (Å²) in [6, 6.07) is 6.80. The maximum atomic E-state index is 15.2. The van der Waals surface area contributed by atoms with Crippen molar-refractivity contribution in [2.45, 2.75) is 33.9 Å². The number of aliphatic hydroxyl groups excluding tert-OH is 1. The third-order valence-electron chi connectivity index (χ3n) is 5.67. The van der Waals surface area contributed by atoms with Gasteiger partial charge in [-0.2, -0.15) is 4.68 Å². The highest BCUT2D eigenvalue weighted by atomic mass is 19.1. The number of nitrogens with zero attached hydrogens (tertiary/aromatic N) is 4. The van der Waals surface area contributed by atoms with Crippen LogP contribution in [-0.4, -0.2) is 24.0 Å². The lowest BCUT2D eigenvalue weighted by Gasteiger charge is -2.15. The molecule has 2 aromatic heterocycles. The molecule has 0 amide bonds. The van der Waals surface area contributed by atoms with Crippen LogP contribution in [-0.2, 0) is 13.2 Å². The van der Waals surface area contributed by atoms with E-state index in [-0.39, 0.29) is 29.0 Å². The molecule has 1 N–H and O–H groups in total. The average Bonchev–Trinajstić information content (AvgIpc) is 3.11. The molecule has 9 heteroatoms. The Hall–Kier alpha value is -3.85. The fraction of sp³-hybridized carbons (Fsp3) is 0.208. The van der Waals surface area contributed by atoms with E-state index in [1.54, 1.807) is 26.8 Å². The minimum absolute atomic E-state index is 0.0470. The molecule has 0 spiro atoms. The first-order valence-electron chi connectivity index (χ1n) is 10.3. The van der Waals surface area contributed by atoms with E-state index in [2.05, 4.69) is 11.7 Å². The molecular weight excluding hydrogens is 430 g/mol. The van der Waals surface area contributed by atoms with E-state index >= 15 is 4.39 Å². The standard InChI is InChI=1S/C24H22F2N4O3/c1-5-28-22(12-31)27-30(24(28)33)21-10-15-16(9-19(21)26)23(32)29(11-17(15)13(2)3)20-8-6-7-18(25)14(20)4/h6-11,31H,2,5,12H2,1,3-4H3. The highest BCUT2D eigenvalue weighted by molar-refractivity contribution is 5.94. The molecule has 4 aromatic rings. The SMILES string of the molecule is C=C(C)c1cn(-c2cccc(F)c2C)c(=O)c2cc(F)c(-n3nc(CO)n(CC)c3=O)cc12.